The summed E-state index contributed by atoms with van der Waals surface area (Å²) in [5, 5.41) is 43.7. The van der Waals surface area contributed by atoms with Crippen LogP contribution in [0.1, 0.15) is 169 Å². The first kappa shape index (κ1) is 83.1. The highest BCUT2D eigenvalue weighted by atomic mass is 16.4. The highest BCUT2D eigenvalue weighted by Crippen LogP contribution is 2.28. The first-order chi connectivity index (χ1) is 44.8. The minimum Gasteiger partial charge on any atom is -0.478 e. The summed E-state index contributed by atoms with van der Waals surface area (Å²) in [7, 11) is 9.83. The second-order valence-corrected chi connectivity index (χ2v) is 28.9. The molecule has 1 fully saturated rings. The van der Waals surface area contributed by atoms with Gasteiger partial charge in [0.05, 0.1) is 40.9 Å². The standard InChI is InChI=1S/C69H113N13O15/c1-25-46-63(89)76(18)33-54(83)77(19)50(27-35(4)5)60(86)75-55(38(10)11)66(92)78(20)49(26-34(2)3)41(15)70-42(16)59(85)71-43(17)62(88)79(21)51(28-36(6)7)64(90)80(22)52(29-37(8)9)65(91)81(23)56(39(12)13)67(93)82(24)57(61(87)74-46)58(84)40(14)30-53-72-47-31-44(68(94)95)45(69(96)97)32-48(47)73-53/h31-32,34-40,42-43,46,49-52,55-58,70,84H,15,25-30,33H2,1-14,16-24H3,(H,71,85)(H,72,73)(H,74,87)(H,75,86)(H,94,95)(H,96,97)/t40-,42+,43-,46+,49+,50+,51+,52+,55+,56+,57+,58-/m1/s1. The Labute approximate surface area is 572 Å². The van der Waals surface area contributed by atoms with Crippen LogP contribution in [0.2, 0.25) is 0 Å². The van der Waals surface area contributed by atoms with E-state index in [1.165, 1.54) is 80.6 Å². The van der Waals surface area contributed by atoms with Gasteiger partial charge in [-0.05, 0) is 99.5 Å². The summed E-state index contributed by atoms with van der Waals surface area (Å²) < 4.78 is 0. The maximum absolute atomic E-state index is 15.5. The van der Waals surface area contributed by atoms with Crippen molar-refractivity contribution in [3.63, 3.8) is 0 Å². The van der Waals surface area contributed by atoms with E-state index in [0.29, 0.717) is 12.1 Å². The van der Waals surface area contributed by atoms with Gasteiger partial charge in [0.1, 0.15) is 60.2 Å². The van der Waals surface area contributed by atoms with E-state index < -0.39 is 173 Å². The molecular formula is C69H113N13O15. The Hall–Kier alpha value is -8.17. The molecule has 2 aromatic rings. The molecule has 1 aromatic heterocycles. The summed E-state index contributed by atoms with van der Waals surface area (Å²) in [6.07, 6.45) is -1.32. The lowest BCUT2D eigenvalue weighted by molar-refractivity contribution is -0.157. The Morgan fingerprint density at radius 3 is 1.47 bits per heavy atom. The van der Waals surface area contributed by atoms with Crippen molar-refractivity contribution < 1.29 is 72.9 Å². The van der Waals surface area contributed by atoms with Crippen LogP contribution in [0.5, 0.6) is 0 Å². The fourth-order valence-electron chi connectivity index (χ4n) is 12.3. The van der Waals surface area contributed by atoms with Gasteiger partial charge < -0.3 is 75.9 Å². The Balaban J connectivity index is 2.36. The molecule has 1 aromatic carbocycles. The van der Waals surface area contributed by atoms with Gasteiger partial charge >= 0.3 is 11.9 Å². The number of benzene rings is 1. The van der Waals surface area contributed by atoms with E-state index in [1.54, 1.807) is 48.6 Å². The molecule has 28 heteroatoms. The highest BCUT2D eigenvalue weighted by molar-refractivity contribution is 6.05. The molecule has 0 spiro atoms. The number of aromatic nitrogens is 2. The van der Waals surface area contributed by atoms with Crippen LogP contribution in [0.4, 0.5) is 0 Å². The second kappa shape index (κ2) is 35.9. The van der Waals surface area contributed by atoms with Crippen LogP contribution in [0.15, 0.2) is 24.4 Å². The Kier molecular flexibility index (Phi) is 30.7. The number of aliphatic hydroxyl groups excluding tert-OH is 1. The molecule has 0 aliphatic carbocycles. The summed E-state index contributed by atoms with van der Waals surface area (Å²) >= 11 is 0. The lowest BCUT2D eigenvalue weighted by Crippen LogP contribution is -2.63. The Morgan fingerprint density at radius 1 is 0.526 bits per heavy atom. The molecule has 8 N–H and O–H groups in total. The first-order valence-corrected chi connectivity index (χ1v) is 33.7. The minimum atomic E-state index is -1.85. The highest BCUT2D eigenvalue weighted by Gasteiger charge is 2.46. The van der Waals surface area contributed by atoms with E-state index in [4.69, 9.17) is 0 Å². The number of imidazole rings is 1. The largest absolute Gasteiger partial charge is 0.478 e. The molecule has 0 radical (unpaired) electrons. The van der Waals surface area contributed by atoms with Crippen LogP contribution in [-0.2, 0) is 54.4 Å². The fraction of sp³-hybridized carbons (Fsp3) is 0.696. The molecule has 1 aliphatic heterocycles. The van der Waals surface area contributed by atoms with Gasteiger partial charge in [-0.15, -0.1) is 0 Å². The van der Waals surface area contributed by atoms with E-state index in [2.05, 4.69) is 37.8 Å². The second-order valence-electron chi connectivity index (χ2n) is 28.9. The average Bonchev–Trinajstić information content (AvgIpc) is 1.79. The summed E-state index contributed by atoms with van der Waals surface area (Å²) in [4.78, 5) is 188. The van der Waals surface area contributed by atoms with Crippen molar-refractivity contribution in [3.8, 4) is 0 Å². The van der Waals surface area contributed by atoms with Gasteiger partial charge in [0.15, 0.2) is 0 Å². The molecule has 1 aliphatic rings. The van der Waals surface area contributed by atoms with Crippen LogP contribution in [0, 0.1) is 41.4 Å². The van der Waals surface area contributed by atoms with Crippen molar-refractivity contribution in [1.29, 1.82) is 0 Å². The van der Waals surface area contributed by atoms with Crippen LogP contribution >= 0.6 is 0 Å². The number of carbonyl (C=O) groups is 12. The van der Waals surface area contributed by atoms with Crippen LogP contribution in [-0.4, -0.2) is 253 Å². The lowest BCUT2D eigenvalue weighted by atomic mass is 9.91. The molecule has 2 heterocycles. The summed E-state index contributed by atoms with van der Waals surface area (Å²) in [6.45, 7) is 31.7. The molecule has 0 unspecified atom stereocenters. The van der Waals surface area contributed by atoms with Crippen molar-refractivity contribution >= 4 is 82.0 Å². The van der Waals surface area contributed by atoms with Gasteiger partial charge in [-0.2, -0.15) is 0 Å². The summed E-state index contributed by atoms with van der Waals surface area (Å²) in [6, 6.07) is -10.0. The molecule has 0 bridgehead atoms. The zero-order valence-electron chi connectivity index (χ0n) is 61.5. The number of carbonyl (C=O) groups excluding carboxylic acids is 10. The van der Waals surface area contributed by atoms with Gasteiger partial charge in [0, 0.05) is 61.5 Å². The number of aromatic carboxylic acids is 2. The predicted octanol–water partition coefficient (Wildman–Crippen LogP) is 3.81. The maximum Gasteiger partial charge on any atom is 0.336 e. The van der Waals surface area contributed by atoms with E-state index in [-0.39, 0.29) is 72.6 Å². The molecule has 12 atom stereocenters. The van der Waals surface area contributed by atoms with Crippen molar-refractivity contribution in [2.24, 2.45) is 41.4 Å². The van der Waals surface area contributed by atoms with Crippen LogP contribution < -0.4 is 21.3 Å². The third kappa shape index (κ3) is 21.4. The van der Waals surface area contributed by atoms with Crippen molar-refractivity contribution in [2.75, 3.05) is 55.9 Å². The molecule has 3 rings (SSSR count). The molecular weight excluding hydrogens is 1250 g/mol. The third-order valence-corrected chi connectivity index (χ3v) is 18.1. The van der Waals surface area contributed by atoms with Gasteiger partial charge in [-0.3, -0.25) is 47.9 Å². The number of fused-ring (bicyclic) bond motifs is 1. The Morgan fingerprint density at radius 2 is 0.990 bits per heavy atom. The Bertz CT molecular complexity index is 3130. The van der Waals surface area contributed by atoms with Crippen molar-refractivity contribution in [1.82, 2.24) is 65.5 Å². The van der Waals surface area contributed by atoms with Crippen LogP contribution in [0.3, 0.4) is 0 Å². The number of rotatable bonds is 17. The number of nitrogens with zero attached hydrogens (tertiary/aromatic N) is 8. The zero-order chi connectivity index (χ0) is 74.4. The number of hydrogen-bond acceptors (Lipinski definition) is 15. The van der Waals surface area contributed by atoms with E-state index in [9.17, 15) is 53.7 Å². The minimum absolute atomic E-state index is 0.00292. The maximum atomic E-state index is 15.5. The number of aromatic amines is 1. The molecule has 544 valence electrons. The van der Waals surface area contributed by atoms with Crippen molar-refractivity contribution in [2.45, 2.75) is 216 Å². The molecule has 10 amide bonds. The van der Waals surface area contributed by atoms with Gasteiger partial charge in [0.25, 0.3) is 0 Å². The average molecular weight is 1360 g/mol. The zero-order valence-corrected chi connectivity index (χ0v) is 61.5. The van der Waals surface area contributed by atoms with E-state index >= 15 is 19.2 Å². The number of aliphatic hydroxyl groups is 1. The number of nitrogens with one attached hydrogen (secondary N) is 5. The fourth-order valence-corrected chi connectivity index (χ4v) is 12.3. The smallest absolute Gasteiger partial charge is 0.336 e. The molecule has 0 saturated carbocycles. The SMILES string of the molecule is C=C1N[C@@H](C)C(=O)N[C@H](C)C(=O)N(C)[C@@H](CC(C)C)C(=O)N(C)[C@@H](CC(C)C)C(=O)N(C)[C@@H](C(C)C)C(=O)N(C)[C@@H]([C@H](O)[C@H](C)Cc2nc3cc(C(=O)O)c(C(=O)O)cc3[nH]2)C(=O)N[C@@H](CC)C(=O)N(C)CC(=O)N(C)[C@@H](CC(C)C)C(=O)N[C@@H](C(C)C)C(=O)N(C)[C@H]1CC(C)C. The van der Waals surface area contributed by atoms with Crippen LogP contribution in [0.25, 0.3) is 11.0 Å². The third-order valence-electron chi connectivity index (χ3n) is 18.1. The number of H-pyrrole nitrogens is 1. The molecule has 28 nitrogen and oxygen atoms in total. The quantitative estimate of drug-likeness (QED) is 0.112. The number of carboxylic acid groups (broad SMARTS) is 2. The number of amides is 10. The summed E-state index contributed by atoms with van der Waals surface area (Å²) in [5.41, 5.74) is -0.506. The van der Waals surface area contributed by atoms with E-state index in [0.717, 1.165) is 21.9 Å². The molecule has 97 heavy (non-hydrogen) atoms. The number of carboxylic acids is 2. The first-order valence-electron chi connectivity index (χ1n) is 33.7. The van der Waals surface area contributed by atoms with Gasteiger partial charge in [-0.1, -0.05) is 104 Å². The van der Waals surface area contributed by atoms with Gasteiger partial charge in [0.2, 0.25) is 59.1 Å². The molecule has 1 saturated heterocycles. The number of likely N-dealkylation sites (N-methyl/N-ethyl adjacent to an activating group) is 7. The van der Waals surface area contributed by atoms with Gasteiger partial charge in [-0.25, -0.2) is 14.6 Å². The summed E-state index contributed by atoms with van der Waals surface area (Å²) in [5.74, 6) is -12.6. The lowest BCUT2D eigenvalue weighted by Gasteiger charge is -2.41. The predicted molar refractivity (Wildman–Crippen MR) is 367 cm³/mol. The normalized spacial score (nSPS) is 24.9. The van der Waals surface area contributed by atoms with Crippen molar-refractivity contribution in [3.05, 3.63) is 41.4 Å². The number of hydrogen-bond donors (Lipinski definition) is 8. The van der Waals surface area contributed by atoms with E-state index in [1.807, 2.05) is 55.4 Å². The topological polar surface area (TPSA) is 365 Å². The monoisotopic (exact) mass is 1360 g/mol.